The highest BCUT2D eigenvalue weighted by atomic mass is 35.5. The van der Waals surface area contributed by atoms with Gasteiger partial charge >= 0.3 is 6.09 Å². The zero-order chi connectivity index (χ0) is 24.2. The normalized spacial score (nSPS) is 26.3. The minimum absolute atomic E-state index is 0.00632. The Morgan fingerprint density at radius 1 is 1.12 bits per heavy atom. The predicted molar refractivity (Wildman–Crippen MR) is 127 cm³/mol. The Morgan fingerprint density at radius 2 is 1.76 bits per heavy atom. The maximum atomic E-state index is 13.9. The van der Waals surface area contributed by atoms with Gasteiger partial charge in [-0.2, -0.15) is 0 Å². The Hall–Kier alpha value is -3.06. The summed E-state index contributed by atoms with van der Waals surface area (Å²) in [5.41, 5.74) is 11.0. The Bertz CT molecular complexity index is 1060. The first-order chi connectivity index (χ1) is 16.4. The standard InChI is InChI=1S/C25H27ClN4O4/c1-15-12-19(13-16(2)34-15)22(18-8-10-20(26)11-9-18)23(28-29-27)24(31)30-21(14-33-25(30)32)17-6-4-3-5-7-17/h3-11,15-16,19,21-23H,12-14H2,1-2H3/t15-,16+,19?,21?,22-,23-/m0/s1. The molecular weight excluding hydrogens is 456 g/mol. The number of carbonyl (C=O) groups is 2. The number of cyclic esters (lactones) is 1. The second-order valence-electron chi connectivity index (χ2n) is 8.93. The SMILES string of the molecule is C[C@@H]1CC([C@H](c2ccc(Cl)cc2)[C@H](N=[N+]=[N-])C(=O)N2C(=O)OCC2c2ccccc2)C[C@H](C)O1. The van der Waals surface area contributed by atoms with Crippen LogP contribution in [0.3, 0.4) is 0 Å². The maximum Gasteiger partial charge on any atom is 0.417 e. The van der Waals surface area contributed by atoms with Crippen LogP contribution < -0.4 is 0 Å². The molecule has 2 aromatic carbocycles. The molecule has 178 valence electrons. The molecule has 9 heteroatoms. The monoisotopic (exact) mass is 482 g/mol. The highest BCUT2D eigenvalue weighted by molar-refractivity contribution is 6.30. The number of rotatable bonds is 6. The maximum absolute atomic E-state index is 13.9. The molecule has 2 heterocycles. The van der Waals surface area contributed by atoms with E-state index in [2.05, 4.69) is 10.0 Å². The van der Waals surface area contributed by atoms with Crippen molar-refractivity contribution in [1.29, 1.82) is 0 Å². The van der Waals surface area contributed by atoms with E-state index in [1.807, 2.05) is 56.3 Å². The molecule has 0 spiro atoms. The van der Waals surface area contributed by atoms with Gasteiger partial charge in [0.15, 0.2) is 0 Å². The summed E-state index contributed by atoms with van der Waals surface area (Å²) in [4.78, 5) is 30.7. The average Bonchev–Trinajstić information content (AvgIpc) is 3.21. The molecule has 2 aliphatic heterocycles. The zero-order valence-electron chi connectivity index (χ0n) is 19.1. The van der Waals surface area contributed by atoms with Crippen molar-refractivity contribution >= 4 is 23.6 Å². The minimum Gasteiger partial charge on any atom is -0.446 e. The number of nitrogens with zero attached hydrogens (tertiary/aromatic N) is 4. The van der Waals surface area contributed by atoms with E-state index in [9.17, 15) is 15.1 Å². The molecule has 2 unspecified atom stereocenters. The van der Waals surface area contributed by atoms with Crippen molar-refractivity contribution in [2.45, 2.75) is 56.9 Å². The summed E-state index contributed by atoms with van der Waals surface area (Å²) in [5.74, 6) is -1.03. The molecule has 34 heavy (non-hydrogen) atoms. The van der Waals surface area contributed by atoms with E-state index in [4.69, 9.17) is 21.1 Å². The molecule has 0 saturated carbocycles. The third-order valence-electron chi connectivity index (χ3n) is 6.56. The first-order valence-electron chi connectivity index (χ1n) is 11.4. The van der Waals surface area contributed by atoms with Gasteiger partial charge in [-0.1, -0.05) is 59.2 Å². The second kappa shape index (κ2) is 10.5. The number of hydrogen-bond donors (Lipinski definition) is 0. The van der Waals surface area contributed by atoms with E-state index in [1.54, 1.807) is 12.1 Å². The van der Waals surface area contributed by atoms with Gasteiger partial charge < -0.3 is 9.47 Å². The molecule has 0 bridgehead atoms. The van der Waals surface area contributed by atoms with Crippen molar-refractivity contribution in [2.75, 3.05) is 6.61 Å². The molecule has 0 radical (unpaired) electrons. The number of imide groups is 1. The van der Waals surface area contributed by atoms with E-state index in [0.29, 0.717) is 17.9 Å². The summed E-state index contributed by atoms with van der Waals surface area (Å²) < 4.78 is 11.2. The lowest BCUT2D eigenvalue weighted by Gasteiger charge is -2.39. The quantitative estimate of drug-likeness (QED) is 0.285. The number of ether oxygens (including phenoxy) is 2. The summed E-state index contributed by atoms with van der Waals surface area (Å²) >= 11 is 6.12. The van der Waals surface area contributed by atoms with Crippen LogP contribution in [0.25, 0.3) is 10.4 Å². The van der Waals surface area contributed by atoms with Crippen molar-refractivity contribution in [1.82, 2.24) is 4.90 Å². The van der Waals surface area contributed by atoms with Crippen LogP contribution in [0.5, 0.6) is 0 Å². The Morgan fingerprint density at radius 3 is 2.38 bits per heavy atom. The summed E-state index contributed by atoms with van der Waals surface area (Å²) in [6, 6.07) is 14.7. The summed E-state index contributed by atoms with van der Waals surface area (Å²) in [6.45, 7) is 4.04. The zero-order valence-corrected chi connectivity index (χ0v) is 19.8. The lowest BCUT2D eigenvalue weighted by molar-refractivity contribution is -0.132. The fourth-order valence-corrected chi connectivity index (χ4v) is 5.33. The number of azide groups is 1. The van der Waals surface area contributed by atoms with E-state index >= 15 is 0 Å². The van der Waals surface area contributed by atoms with Crippen LogP contribution >= 0.6 is 11.6 Å². The molecule has 4 rings (SSSR count). The lowest BCUT2D eigenvalue weighted by atomic mass is 9.74. The highest BCUT2D eigenvalue weighted by Crippen LogP contribution is 2.42. The van der Waals surface area contributed by atoms with Crippen LogP contribution in [0.1, 0.15) is 49.8 Å². The highest BCUT2D eigenvalue weighted by Gasteiger charge is 2.46. The van der Waals surface area contributed by atoms with Crippen LogP contribution in [0.2, 0.25) is 5.02 Å². The molecule has 0 aliphatic carbocycles. The van der Waals surface area contributed by atoms with Gasteiger partial charge in [0.05, 0.1) is 12.2 Å². The Kier molecular flexibility index (Phi) is 7.41. The molecule has 0 N–H and O–H groups in total. The van der Waals surface area contributed by atoms with Gasteiger partial charge in [0.25, 0.3) is 0 Å². The molecule has 2 saturated heterocycles. The Balaban J connectivity index is 1.75. The van der Waals surface area contributed by atoms with E-state index in [1.165, 1.54) is 0 Å². The van der Waals surface area contributed by atoms with Crippen LogP contribution in [-0.2, 0) is 14.3 Å². The lowest BCUT2D eigenvalue weighted by Crippen LogP contribution is -2.46. The summed E-state index contributed by atoms with van der Waals surface area (Å²) in [5, 5.41) is 4.53. The van der Waals surface area contributed by atoms with Crippen LogP contribution in [0.15, 0.2) is 59.7 Å². The van der Waals surface area contributed by atoms with Crippen LogP contribution in [-0.4, -0.2) is 41.8 Å². The smallest absolute Gasteiger partial charge is 0.417 e. The van der Waals surface area contributed by atoms with E-state index < -0.39 is 30.0 Å². The van der Waals surface area contributed by atoms with Gasteiger partial charge in [-0.3, -0.25) is 4.79 Å². The summed E-state index contributed by atoms with van der Waals surface area (Å²) in [6.07, 6.45) is 0.614. The van der Waals surface area contributed by atoms with Crippen LogP contribution in [0.4, 0.5) is 4.79 Å². The van der Waals surface area contributed by atoms with Gasteiger partial charge in [0.2, 0.25) is 5.91 Å². The summed E-state index contributed by atoms with van der Waals surface area (Å²) in [7, 11) is 0. The molecular formula is C25H27ClN4O4. The number of halogens is 1. The van der Waals surface area contributed by atoms with Crippen molar-refractivity contribution in [3.05, 3.63) is 81.2 Å². The molecule has 0 aromatic heterocycles. The molecule has 2 aromatic rings. The third kappa shape index (κ3) is 5.04. The minimum atomic E-state index is -1.13. The molecule has 8 nitrogen and oxygen atoms in total. The number of amides is 2. The van der Waals surface area contributed by atoms with E-state index in [-0.39, 0.29) is 24.7 Å². The van der Waals surface area contributed by atoms with Crippen molar-refractivity contribution in [2.24, 2.45) is 11.0 Å². The second-order valence-corrected chi connectivity index (χ2v) is 9.36. The van der Waals surface area contributed by atoms with Crippen molar-refractivity contribution in [3.8, 4) is 0 Å². The number of hydrogen-bond acceptors (Lipinski definition) is 5. The number of carbonyl (C=O) groups excluding carboxylic acids is 2. The van der Waals surface area contributed by atoms with Gasteiger partial charge in [-0.15, -0.1) is 0 Å². The largest absolute Gasteiger partial charge is 0.446 e. The van der Waals surface area contributed by atoms with Gasteiger partial charge in [-0.25, -0.2) is 9.69 Å². The van der Waals surface area contributed by atoms with Gasteiger partial charge in [0.1, 0.15) is 18.7 Å². The first-order valence-corrected chi connectivity index (χ1v) is 11.8. The molecule has 2 amide bonds. The Labute approximate surface area is 203 Å². The van der Waals surface area contributed by atoms with Gasteiger partial charge in [-0.05, 0) is 61.4 Å². The fourth-order valence-electron chi connectivity index (χ4n) is 5.21. The van der Waals surface area contributed by atoms with Crippen molar-refractivity contribution < 1.29 is 19.1 Å². The van der Waals surface area contributed by atoms with Crippen molar-refractivity contribution in [3.63, 3.8) is 0 Å². The molecule has 2 fully saturated rings. The third-order valence-corrected chi connectivity index (χ3v) is 6.81. The topological polar surface area (TPSA) is 105 Å². The average molecular weight is 483 g/mol. The van der Waals surface area contributed by atoms with Crippen LogP contribution in [0, 0.1) is 5.92 Å². The predicted octanol–water partition coefficient (Wildman–Crippen LogP) is 6.03. The van der Waals surface area contributed by atoms with E-state index in [0.717, 1.165) is 16.0 Å². The molecule has 6 atom stereocenters. The molecule has 2 aliphatic rings. The van der Waals surface area contributed by atoms with Gasteiger partial charge in [0, 0.05) is 15.9 Å². The number of benzene rings is 2. The fraction of sp³-hybridized carbons (Fsp3) is 0.440. The first kappa shape index (κ1) is 24.1.